The normalized spacial score (nSPS) is 12.6. The van der Waals surface area contributed by atoms with Gasteiger partial charge in [0, 0.05) is 11.4 Å². The highest BCUT2D eigenvalue weighted by atomic mass is 32.2. The highest BCUT2D eigenvalue weighted by molar-refractivity contribution is 7.92. The summed E-state index contributed by atoms with van der Waals surface area (Å²) in [5.41, 5.74) is 1.14. The van der Waals surface area contributed by atoms with E-state index in [2.05, 4.69) is 10.0 Å². The second-order valence-corrected chi connectivity index (χ2v) is 9.46. The van der Waals surface area contributed by atoms with E-state index in [1.165, 1.54) is 30.3 Å². The lowest BCUT2D eigenvalue weighted by atomic mass is 10.1. The number of rotatable bonds is 7. The van der Waals surface area contributed by atoms with Crippen LogP contribution >= 0.6 is 0 Å². The van der Waals surface area contributed by atoms with Crippen LogP contribution in [0.25, 0.3) is 0 Å². The number of alkyl halides is 3. The molecule has 3 aromatic rings. The zero-order chi connectivity index (χ0) is 25.1. The summed E-state index contributed by atoms with van der Waals surface area (Å²) in [6.45, 7) is 5.43. The van der Waals surface area contributed by atoms with Gasteiger partial charge in [0.15, 0.2) is 6.10 Å². The molecule has 180 valence electrons. The largest absolute Gasteiger partial charge is 0.481 e. The Labute approximate surface area is 195 Å². The van der Waals surface area contributed by atoms with Crippen molar-refractivity contribution in [1.29, 1.82) is 0 Å². The van der Waals surface area contributed by atoms with Crippen LogP contribution in [0.1, 0.15) is 23.6 Å². The van der Waals surface area contributed by atoms with Crippen molar-refractivity contribution in [3.05, 3.63) is 83.4 Å². The highest BCUT2D eigenvalue weighted by Gasteiger charge is 2.30. The molecule has 1 atom stereocenters. The van der Waals surface area contributed by atoms with E-state index in [0.717, 1.165) is 23.3 Å². The van der Waals surface area contributed by atoms with Gasteiger partial charge < -0.3 is 10.1 Å². The van der Waals surface area contributed by atoms with Crippen molar-refractivity contribution in [2.24, 2.45) is 0 Å². The van der Waals surface area contributed by atoms with E-state index in [0.29, 0.717) is 17.5 Å². The van der Waals surface area contributed by atoms with Gasteiger partial charge in [0.25, 0.3) is 15.9 Å². The number of anilines is 2. The summed E-state index contributed by atoms with van der Waals surface area (Å²) in [5.74, 6) is 0.124. The van der Waals surface area contributed by atoms with Gasteiger partial charge in [0.05, 0.1) is 10.5 Å². The number of ether oxygens (including phenoxy) is 1. The van der Waals surface area contributed by atoms with E-state index in [4.69, 9.17) is 4.74 Å². The number of hydrogen-bond acceptors (Lipinski definition) is 4. The molecule has 0 bridgehead atoms. The first-order chi connectivity index (χ1) is 15.8. The van der Waals surface area contributed by atoms with Crippen LogP contribution in [0, 0.1) is 13.8 Å². The summed E-state index contributed by atoms with van der Waals surface area (Å²) in [6.07, 6.45) is -5.41. The van der Waals surface area contributed by atoms with E-state index in [1.54, 1.807) is 6.92 Å². The highest BCUT2D eigenvalue weighted by Crippen LogP contribution is 2.31. The fraction of sp³-hybridized carbons (Fsp3) is 0.208. The Morgan fingerprint density at radius 3 is 2.12 bits per heavy atom. The third kappa shape index (κ3) is 6.50. The molecule has 0 fully saturated rings. The molecule has 0 aliphatic carbocycles. The maximum Gasteiger partial charge on any atom is 0.416 e. The van der Waals surface area contributed by atoms with Crippen molar-refractivity contribution in [2.45, 2.75) is 37.9 Å². The van der Waals surface area contributed by atoms with Crippen LogP contribution in [-0.4, -0.2) is 20.4 Å². The van der Waals surface area contributed by atoms with Crippen molar-refractivity contribution in [3.63, 3.8) is 0 Å². The summed E-state index contributed by atoms with van der Waals surface area (Å²) < 4.78 is 71.5. The number of benzene rings is 3. The van der Waals surface area contributed by atoms with E-state index in [1.807, 2.05) is 32.0 Å². The Balaban J connectivity index is 1.66. The van der Waals surface area contributed by atoms with Crippen LogP contribution < -0.4 is 14.8 Å². The van der Waals surface area contributed by atoms with Crippen molar-refractivity contribution in [2.75, 3.05) is 10.0 Å². The van der Waals surface area contributed by atoms with Crippen LogP contribution in [0.15, 0.2) is 71.6 Å². The first-order valence-electron chi connectivity index (χ1n) is 10.2. The summed E-state index contributed by atoms with van der Waals surface area (Å²) >= 11 is 0. The second kappa shape index (κ2) is 9.76. The molecule has 3 rings (SSSR count). The van der Waals surface area contributed by atoms with Crippen LogP contribution in [0.3, 0.4) is 0 Å². The van der Waals surface area contributed by atoms with E-state index in [-0.39, 0.29) is 10.6 Å². The lowest BCUT2D eigenvalue weighted by Gasteiger charge is -2.16. The van der Waals surface area contributed by atoms with Crippen LogP contribution in [-0.2, 0) is 21.0 Å². The molecular weight excluding hydrogens is 469 g/mol. The van der Waals surface area contributed by atoms with Crippen LogP contribution in [0.5, 0.6) is 5.75 Å². The number of nitrogens with one attached hydrogen (secondary N) is 2. The quantitative estimate of drug-likeness (QED) is 0.454. The van der Waals surface area contributed by atoms with E-state index < -0.39 is 33.8 Å². The summed E-state index contributed by atoms with van der Waals surface area (Å²) in [4.78, 5) is 12.3. The molecule has 6 nitrogen and oxygen atoms in total. The van der Waals surface area contributed by atoms with Gasteiger partial charge in [-0.05, 0) is 86.5 Å². The lowest BCUT2D eigenvalue weighted by molar-refractivity contribution is -0.137. The maximum absolute atomic E-state index is 12.9. The molecule has 0 aliphatic rings. The zero-order valence-electron chi connectivity index (χ0n) is 18.6. The number of hydrogen-bond donors (Lipinski definition) is 2. The molecule has 0 spiro atoms. The minimum atomic E-state index is -4.60. The number of amides is 1. The average Bonchev–Trinajstić information content (AvgIpc) is 2.72. The molecule has 0 radical (unpaired) electrons. The second-order valence-electron chi connectivity index (χ2n) is 7.78. The first-order valence-corrected chi connectivity index (χ1v) is 11.7. The number of halogens is 3. The van der Waals surface area contributed by atoms with Gasteiger partial charge in [-0.3, -0.25) is 9.52 Å². The predicted molar refractivity (Wildman–Crippen MR) is 123 cm³/mol. The van der Waals surface area contributed by atoms with Crippen LogP contribution in [0.2, 0.25) is 0 Å². The van der Waals surface area contributed by atoms with Crippen LogP contribution in [0.4, 0.5) is 24.5 Å². The van der Waals surface area contributed by atoms with Gasteiger partial charge in [0.1, 0.15) is 5.75 Å². The summed E-state index contributed by atoms with van der Waals surface area (Å²) in [5, 5.41) is 2.64. The van der Waals surface area contributed by atoms with Crippen molar-refractivity contribution in [3.8, 4) is 5.75 Å². The molecule has 0 heterocycles. The molecule has 2 N–H and O–H groups in total. The number of carbonyl (C=O) groups is 1. The number of sulfonamides is 1. The molecule has 0 saturated heterocycles. The minimum absolute atomic E-state index is 0.178. The molecule has 0 aliphatic heterocycles. The molecule has 1 amide bonds. The van der Waals surface area contributed by atoms with Crippen molar-refractivity contribution < 1.29 is 31.1 Å². The smallest absolute Gasteiger partial charge is 0.416 e. The molecule has 3 aromatic carbocycles. The van der Waals surface area contributed by atoms with E-state index in [9.17, 15) is 26.4 Å². The Bertz CT molecular complexity index is 1270. The Kier molecular flexibility index (Phi) is 7.21. The molecule has 34 heavy (non-hydrogen) atoms. The Morgan fingerprint density at radius 1 is 0.912 bits per heavy atom. The summed E-state index contributed by atoms with van der Waals surface area (Å²) in [6, 6.07) is 14.7. The summed E-state index contributed by atoms with van der Waals surface area (Å²) in [7, 11) is -4.14. The predicted octanol–water partition coefficient (Wildman–Crippen LogP) is 5.53. The Morgan fingerprint density at radius 2 is 1.53 bits per heavy atom. The van der Waals surface area contributed by atoms with Gasteiger partial charge in [0.2, 0.25) is 0 Å². The fourth-order valence-electron chi connectivity index (χ4n) is 3.19. The van der Waals surface area contributed by atoms with Gasteiger partial charge in [-0.15, -0.1) is 0 Å². The topological polar surface area (TPSA) is 84.5 Å². The van der Waals surface area contributed by atoms with Gasteiger partial charge >= 0.3 is 6.18 Å². The fourth-order valence-corrected chi connectivity index (χ4v) is 4.24. The van der Waals surface area contributed by atoms with E-state index >= 15 is 0 Å². The van der Waals surface area contributed by atoms with Gasteiger partial charge in [-0.1, -0.05) is 12.1 Å². The maximum atomic E-state index is 12.9. The standard InChI is InChI=1S/C24H23F3N2O4S/c1-15-11-16(2)13-21(12-15)33-17(3)23(30)28-19-7-9-22(10-8-19)34(31,32)29-20-6-4-5-18(14-20)24(25,26)27/h4-14,17,29H,1-3H3,(H,28,30)/t17-/m0/s1. The third-order valence-electron chi connectivity index (χ3n) is 4.75. The van der Waals surface area contributed by atoms with Gasteiger partial charge in [-0.25, -0.2) is 8.42 Å². The van der Waals surface area contributed by atoms with Crippen molar-refractivity contribution in [1.82, 2.24) is 0 Å². The molecule has 0 aromatic heterocycles. The minimum Gasteiger partial charge on any atom is -0.481 e. The number of aryl methyl sites for hydroxylation is 2. The average molecular weight is 493 g/mol. The van der Waals surface area contributed by atoms with Gasteiger partial charge in [-0.2, -0.15) is 13.2 Å². The number of carbonyl (C=O) groups excluding carboxylic acids is 1. The molecule has 10 heteroatoms. The first kappa shape index (κ1) is 25.1. The molecule has 0 unspecified atom stereocenters. The monoisotopic (exact) mass is 492 g/mol. The molecular formula is C24H23F3N2O4S. The van der Waals surface area contributed by atoms with Crippen molar-refractivity contribution >= 4 is 27.3 Å². The Hall–Kier alpha value is -3.53. The third-order valence-corrected chi connectivity index (χ3v) is 6.15. The zero-order valence-corrected chi connectivity index (χ0v) is 19.4. The SMILES string of the molecule is Cc1cc(C)cc(O[C@@H](C)C(=O)Nc2ccc(S(=O)(=O)Nc3cccc(C(F)(F)F)c3)cc2)c1. The lowest BCUT2D eigenvalue weighted by Crippen LogP contribution is -2.30. The molecule has 0 saturated carbocycles.